The molecule has 1 heterocycles. The second-order valence-corrected chi connectivity index (χ2v) is 14.2. The van der Waals surface area contributed by atoms with E-state index in [9.17, 15) is 0 Å². The third kappa shape index (κ3) is 3.72. The molecule has 5 rings (SSSR count). The van der Waals surface area contributed by atoms with Gasteiger partial charge in [-0.25, -0.2) is 0 Å². The summed E-state index contributed by atoms with van der Waals surface area (Å²) in [5.74, 6) is 5.21. The van der Waals surface area contributed by atoms with E-state index >= 15 is 0 Å². The van der Waals surface area contributed by atoms with Gasteiger partial charge in [-0.2, -0.15) is 0 Å². The molecular formula is C29H49ClO2. The van der Waals surface area contributed by atoms with Gasteiger partial charge in [0.05, 0.1) is 13.2 Å². The summed E-state index contributed by atoms with van der Waals surface area (Å²) in [6, 6.07) is 0. The van der Waals surface area contributed by atoms with Gasteiger partial charge in [0, 0.05) is 17.7 Å². The van der Waals surface area contributed by atoms with Crippen molar-refractivity contribution in [1.82, 2.24) is 0 Å². The summed E-state index contributed by atoms with van der Waals surface area (Å²) in [6.07, 6.45) is 14.6. The van der Waals surface area contributed by atoms with Crippen molar-refractivity contribution in [3.8, 4) is 0 Å². The minimum Gasteiger partial charge on any atom is -0.347 e. The number of rotatable bonds is 5. The molecule has 5 fully saturated rings. The van der Waals surface area contributed by atoms with Crippen LogP contribution in [-0.2, 0) is 9.47 Å². The minimum absolute atomic E-state index is 0.297. The SMILES string of the molecule is CC(C)CCCC(C)C1CCC2C3CC4(OCCO4)C4CC(Cl)CCC4(C)C3CCC12C. The molecule has 0 radical (unpaired) electrons. The maximum atomic E-state index is 6.75. The van der Waals surface area contributed by atoms with Crippen molar-refractivity contribution >= 4 is 11.6 Å². The van der Waals surface area contributed by atoms with Crippen molar-refractivity contribution in [1.29, 1.82) is 0 Å². The van der Waals surface area contributed by atoms with Crippen LogP contribution in [0.15, 0.2) is 0 Å². The zero-order chi connectivity index (χ0) is 22.7. The zero-order valence-electron chi connectivity index (χ0n) is 21.5. The average Bonchev–Trinajstić information content (AvgIpc) is 3.34. The molecule has 1 spiro atoms. The first kappa shape index (κ1) is 23.9. The average molecular weight is 465 g/mol. The highest BCUT2D eigenvalue weighted by atomic mass is 35.5. The normalized spacial score (nSPS) is 48.5. The van der Waals surface area contributed by atoms with Crippen LogP contribution in [0.5, 0.6) is 0 Å². The van der Waals surface area contributed by atoms with Crippen LogP contribution < -0.4 is 0 Å². The number of halogens is 1. The highest BCUT2D eigenvalue weighted by Gasteiger charge is 2.67. The number of hydrogen-bond donors (Lipinski definition) is 0. The first-order chi connectivity index (χ1) is 15.2. The van der Waals surface area contributed by atoms with E-state index in [-0.39, 0.29) is 5.79 Å². The van der Waals surface area contributed by atoms with Gasteiger partial charge in [-0.05, 0) is 91.3 Å². The van der Waals surface area contributed by atoms with Gasteiger partial charge in [-0.1, -0.05) is 53.9 Å². The molecule has 0 N–H and O–H groups in total. The Morgan fingerprint density at radius 1 is 0.875 bits per heavy atom. The lowest BCUT2D eigenvalue weighted by atomic mass is 9.43. The van der Waals surface area contributed by atoms with Gasteiger partial charge in [0.25, 0.3) is 0 Å². The molecule has 0 aromatic rings. The molecule has 4 aliphatic carbocycles. The molecule has 1 saturated heterocycles. The highest BCUT2D eigenvalue weighted by Crippen LogP contribution is 2.71. The van der Waals surface area contributed by atoms with E-state index in [0.29, 0.717) is 22.1 Å². The van der Waals surface area contributed by atoms with E-state index in [2.05, 4.69) is 34.6 Å². The smallest absolute Gasteiger partial charge is 0.172 e. The molecular weight excluding hydrogens is 416 g/mol. The molecule has 3 heteroatoms. The number of alkyl halides is 1. The summed E-state index contributed by atoms with van der Waals surface area (Å²) in [4.78, 5) is 0. The van der Waals surface area contributed by atoms with Crippen LogP contribution in [0.3, 0.4) is 0 Å². The van der Waals surface area contributed by atoms with Crippen LogP contribution in [0.1, 0.15) is 105 Å². The second kappa shape index (κ2) is 8.70. The van der Waals surface area contributed by atoms with E-state index in [1.54, 1.807) is 0 Å². The first-order valence-corrected chi connectivity index (χ1v) is 14.6. The van der Waals surface area contributed by atoms with Crippen molar-refractivity contribution in [2.75, 3.05) is 13.2 Å². The molecule has 2 nitrogen and oxygen atoms in total. The first-order valence-electron chi connectivity index (χ1n) is 14.1. The van der Waals surface area contributed by atoms with E-state index in [0.717, 1.165) is 61.6 Å². The number of fused-ring (bicyclic) bond motifs is 6. The molecule has 4 saturated carbocycles. The summed E-state index contributed by atoms with van der Waals surface area (Å²) in [6.45, 7) is 14.2. The Balaban J connectivity index is 1.39. The Bertz CT molecular complexity index is 672. The fourth-order valence-electron chi connectivity index (χ4n) is 10.1. The van der Waals surface area contributed by atoms with E-state index < -0.39 is 0 Å². The van der Waals surface area contributed by atoms with Crippen molar-refractivity contribution in [3.63, 3.8) is 0 Å². The lowest BCUT2D eigenvalue weighted by Crippen LogP contribution is -2.63. The lowest BCUT2D eigenvalue weighted by molar-refractivity contribution is -0.291. The lowest BCUT2D eigenvalue weighted by Gasteiger charge is -2.65. The summed E-state index contributed by atoms with van der Waals surface area (Å²) >= 11 is 6.75. The second-order valence-electron chi connectivity index (χ2n) is 13.6. The zero-order valence-corrected chi connectivity index (χ0v) is 22.3. The van der Waals surface area contributed by atoms with Gasteiger partial charge in [0.1, 0.15) is 0 Å². The van der Waals surface area contributed by atoms with Crippen LogP contribution in [0.25, 0.3) is 0 Å². The van der Waals surface area contributed by atoms with Crippen LogP contribution in [-0.4, -0.2) is 24.4 Å². The van der Waals surface area contributed by atoms with Crippen LogP contribution in [0.4, 0.5) is 0 Å². The third-order valence-electron chi connectivity index (χ3n) is 11.6. The van der Waals surface area contributed by atoms with Gasteiger partial charge < -0.3 is 9.47 Å². The Labute approximate surface area is 202 Å². The standard InChI is InChI=1S/C29H49ClO2/c1-19(2)7-6-8-20(3)23-9-10-24-22-18-29(31-15-16-32-29)26-17-21(30)11-13-28(26,5)25(22)12-14-27(23,24)4/h19-26H,6-18H2,1-5H3. The number of hydrogen-bond acceptors (Lipinski definition) is 2. The molecule has 5 aliphatic rings. The molecule has 9 atom stereocenters. The molecule has 1 aliphatic heterocycles. The molecule has 184 valence electrons. The largest absolute Gasteiger partial charge is 0.347 e. The topological polar surface area (TPSA) is 18.5 Å². The van der Waals surface area contributed by atoms with Crippen molar-refractivity contribution < 1.29 is 9.47 Å². The van der Waals surface area contributed by atoms with Gasteiger partial charge in [-0.3, -0.25) is 0 Å². The van der Waals surface area contributed by atoms with Crippen LogP contribution in [0.2, 0.25) is 0 Å². The van der Waals surface area contributed by atoms with Gasteiger partial charge in [-0.15, -0.1) is 11.6 Å². The Kier molecular flexibility index (Phi) is 6.51. The molecule has 9 unspecified atom stereocenters. The predicted molar refractivity (Wildman–Crippen MR) is 133 cm³/mol. The quantitative estimate of drug-likeness (QED) is 0.383. The maximum Gasteiger partial charge on any atom is 0.172 e. The molecule has 0 bridgehead atoms. The third-order valence-corrected chi connectivity index (χ3v) is 12.0. The van der Waals surface area contributed by atoms with Gasteiger partial charge in [0.2, 0.25) is 0 Å². The van der Waals surface area contributed by atoms with Crippen LogP contribution >= 0.6 is 11.6 Å². The van der Waals surface area contributed by atoms with Gasteiger partial charge >= 0.3 is 0 Å². The monoisotopic (exact) mass is 464 g/mol. The minimum atomic E-state index is -0.345. The fourth-order valence-corrected chi connectivity index (χ4v) is 10.4. The molecule has 0 aromatic heterocycles. The molecule has 0 aromatic carbocycles. The van der Waals surface area contributed by atoms with Crippen molar-refractivity contribution in [2.24, 2.45) is 52.3 Å². The summed E-state index contributed by atoms with van der Waals surface area (Å²) < 4.78 is 13.1. The van der Waals surface area contributed by atoms with E-state index in [1.807, 2.05) is 0 Å². The Morgan fingerprint density at radius 3 is 2.28 bits per heavy atom. The predicted octanol–water partition coefficient (Wildman–Crippen LogP) is 8.07. The maximum absolute atomic E-state index is 6.75. The summed E-state index contributed by atoms with van der Waals surface area (Å²) in [5, 5.41) is 0.297. The Morgan fingerprint density at radius 2 is 1.56 bits per heavy atom. The van der Waals surface area contributed by atoms with Gasteiger partial charge in [0.15, 0.2) is 5.79 Å². The van der Waals surface area contributed by atoms with Crippen molar-refractivity contribution in [3.05, 3.63) is 0 Å². The summed E-state index contributed by atoms with van der Waals surface area (Å²) in [5.41, 5.74) is 0.853. The molecule has 32 heavy (non-hydrogen) atoms. The van der Waals surface area contributed by atoms with E-state index in [4.69, 9.17) is 21.1 Å². The highest BCUT2D eigenvalue weighted by molar-refractivity contribution is 6.20. The molecule has 0 amide bonds. The summed E-state index contributed by atoms with van der Waals surface area (Å²) in [7, 11) is 0. The van der Waals surface area contributed by atoms with Crippen molar-refractivity contribution in [2.45, 2.75) is 116 Å². The fraction of sp³-hybridized carbons (Fsp3) is 1.00. The van der Waals surface area contributed by atoms with E-state index in [1.165, 1.54) is 57.8 Å². The Hall–Kier alpha value is 0.210. The number of ether oxygens (including phenoxy) is 2. The van der Waals surface area contributed by atoms with Crippen LogP contribution in [0, 0.1) is 52.3 Å².